The van der Waals surface area contributed by atoms with E-state index >= 15 is 0 Å². The quantitative estimate of drug-likeness (QED) is 0.716. The standard InChI is InChI=1S/C11H18N2O2S/c1-9-10(16-8-13-9)11(15)12-6-4-2-3-5-7-14/h8,14H,2-7H2,1H3,(H,12,15). The first-order valence-electron chi connectivity index (χ1n) is 5.55. The van der Waals surface area contributed by atoms with Crippen LogP contribution in [0.3, 0.4) is 0 Å². The summed E-state index contributed by atoms with van der Waals surface area (Å²) in [5.74, 6) is -0.0258. The number of aliphatic hydroxyl groups is 1. The number of aliphatic hydroxyl groups excluding tert-OH is 1. The number of amides is 1. The van der Waals surface area contributed by atoms with E-state index < -0.39 is 0 Å². The predicted octanol–water partition coefficient (Wildman–Crippen LogP) is 1.73. The van der Waals surface area contributed by atoms with Crippen molar-refractivity contribution in [3.8, 4) is 0 Å². The van der Waals surface area contributed by atoms with Crippen LogP contribution in [0.1, 0.15) is 41.0 Å². The minimum absolute atomic E-state index is 0.0258. The highest BCUT2D eigenvalue weighted by molar-refractivity contribution is 7.11. The highest BCUT2D eigenvalue weighted by Gasteiger charge is 2.10. The molecule has 0 bridgehead atoms. The maximum Gasteiger partial charge on any atom is 0.263 e. The first-order valence-corrected chi connectivity index (χ1v) is 6.43. The van der Waals surface area contributed by atoms with Crippen LogP contribution in [-0.2, 0) is 0 Å². The van der Waals surface area contributed by atoms with Gasteiger partial charge >= 0.3 is 0 Å². The summed E-state index contributed by atoms with van der Waals surface area (Å²) >= 11 is 1.37. The van der Waals surface area contributed by atoms with Crippen molar-refractivity contribution in [3.63, 3.8) is 0 Å². The van der Waals surface area contributed by atoms with Crippen LogP contribution in [-0.4, -0.2) is 29.1 Å². The van der Waals surface area contributed by atoms with Crippen molar-refractivity contribution in [2.45, 2.75) is 32.6 Å². The molecule has 0 spiro atoms. The van der Waals surface area contributed by atoms with Gasteiger partial charge in [0.15, 0.2) is 0 Å². The van der Waals surface area contributed by atoms with E-state index in [-0.39, 0.29) is 12.5 Å². The zero-order valence-corrected chi connectivity index (χ0v) is 10.3. The third kappa shape index (κ3) is 4.28. The lowest BCUT2D eigenvalue weighted by atomic mass is 10.2. The Morgan fingerprint density at radius 3 is 2.81 bits per heavy atom. The number of rotatable bonds is 7. The Balaban J connectivity index is 2.14. The first-order chi connectivity index (χ1) is 7.75. The molecule has 90 valence electrons. The van der Waals surface area contributed by atoms with Gasteiger partial charge in [0.05, 0.1) is 11.2 Å². The zero-order valence-electron chi connectivity index (χ0n) is 9.53. The fourth-order valence-corrected chi connectivity index (χ4v) is 2.11. The van der Waals surface area contributed by atoms with E-state index in [0.29, 0.717) is 11.4 Å². The highest BCUT2D eigenvalue weighted by atomic mass is 32.1. The van der Waals surface area contributed by atoms with Crippen LogP contribution in [0.25, 0.3) is 0 Å². The minimum Gasteiger partial charge on any atom is -0.396 e. The molecule has 0 unspecified atom stereocenters. The molecule has 16 heavy (non-hydrogen) atoms. The number of thiazole rings is 1. The first kappa shape index (κ1) is 13.1. The normalized spacial score (nSPS) is 10.4. The van der Waals surface area contributed by atoms with Gasteiger partial charge in [0.25, 0.3) is 5.91 Å². The van der Waals surface area contributed by atoms with Crippen molar-refractivity contribution in [1.29, 1.82) is 0 Å². The molecule has 0 radical (unpaired) electrons. The van der Waals surface area contributed by atoms with Crippen LogP contribution in [0, 0.1) is 6.92 Å². The van der Waals surface area contributed by atoms with Crippen molar-refractivity contribution in [2.75, 3.05) is 13.2 Å². The van der Waals surface area contributed by atoms with Crippen molar-refractivity contribution in [1.82, 2.24) is 10.3 Å². The van der Waals surface area contributed by atoms with Crippen LogP contribution >= 0.6 is 11.3 Å². The molecular weight excluding hydrogens is 224 g/mol. The van der Waals surface area contributed by atoms with Crippen molar-refractivity contribution in [3.05, 3.63) is 16.1 Å². The number of aryl methyl sites for hydroxylation is 1. The molecule has 0 aliphatic heterocycles. The predicted molar refractivity (Wildman–Crippen MR) is 64.7 cm³/mol. The molecule has 0 aliphatic rings. The van der Waals surface area contributed by atoms with E-state index in [1.165, 1.54) is 11.3 Å². The molecule has 1 amide bonds. The molecule has 2 N–H and O–H groups in total. The highest BCUT2D eigenvalue weighted by Crippen LogP contribution is 2.11. The number of carbonyl (C=O) groups is 1. The fourth-order valence-electron chi connectivity index (χ4n) is 1.39. The van der Waals surface area contributed by atoms with Gasteiger partial charge in [-0.1, -0.05) is 12.8 Å². The molecule has 0 saturated carbocycles. The number of hydrogen-bond acceptors (Lipinski definition) is 4. The number of nitrogens with zero attached hydrogens (tertiary/aromatic N) is 1. The zero-order chi connectivity index (χ0) is 11.8. The Morgan fingerprint density at radius 1 is 1.44 bits per heavy atom. The summed E-state index contributed by atoms with van der Waals surface area (Å²) in [6.07, 6.45) is 3.87. The van der Waals surface area contributed by atoms with E-state index in [9.17, 15) is 4.79 Å². The van der Waals surface area contributed by atoms with Crippen LogP contribution in [0.5, 0.6) is 0 Å². The number of hydrogen-bond donors (Lipinski definition) is 2. The summed E-state index contributed by atoms with van der Waals surface area (Å²) in [7, 11) is 0. The molecule has 5 heteroatoms. The summed E-state index contributed by atoms with van der Waals surface area (Å²) in [5.41, 5.74) is 2.48. The average molecular weight is 242 g/mol. The van der Waals surface area contributed by atoms with Crippen LogP contribution in [0.2, 0.25) is 0 Å². The molecule has 0 saturated heterocycles. The monoisotopic (exact) mass is 242 g/mol. The lowest BCUT2D eigenvalue weighted by molar-refractivity contribution is 0.0956. The topological polar surface area (TPSA) is 62.2 Å². The lowest BCUT2D eigenvalue weighted by Gasteiger charge is -2.03. The fraction of sp³-hybridized carbons (Fsp3) is 0.636. The second kappa shape index (κ2) is 7.35. The molecule has 1 aromatic rings. The Bertz CT molecular complexity index is 326. The molecule has 0 aliphatic carbocycles. The molecule has 1 rings (SSSR count). The van der Waals surface area contributed by atoms with Gasteiger partial charge in [-0.05, 0) is 19.8 Å². The van der Waals surface area contributed by atoms with E-state index in [2.05, 4.69) is 10.3 Å². The lowest BCUT2D eigenvalue weighted by Crippen LogP contribution is -2.24. The van der Waals surface area contributed by atoms with E-state index in [1.807, 2.05) is 6.92 Å². The van der Waals surface area contributed by atoms with E-state index in [1.54, 1.807) is 5.51 Å². The summed E-state index contributed by atoms with van der Waals surface area (Å²) in [6.45, 7) is 2.79. The second-order valence-electron chi connectivity index (χ2n) is 3.66. The summed E-state index contributed by atoms with van der Waals surface area (Å²) in [5, 5.41) is 11.5. The Labute approximate surface area is 99.7 Å². The van der Waals surface area contributed by atoms with Crippen molar-refractivity contribution < 1.29 is 9.90 Å². The molecule has 1 heterocycles. The Morgan fingerprint density at radius 2 is 2.19 bits per heavy atom. The van der Waals surface area contributed by atoms with Gasteiger partial charge < -0.3 is 10.4 Å². The van der Waals surface area contributed by atoms with Crippen LogP contribution < -0.4 is 5.32 Å². The summed E-state index contributed by atoms with van der Waals surface area (Å²) in [4.78, 5) is 16.4. The second-order valence-corrected chi connectivity index (χ2v) is 4.52. The van der Waals surface area contributed by atoms with Gasteiger partial charge in [-0.3, -0.25) is 4.79 Å². The van der Waals surface area contributed by atoms with Gasteiger partial charge in [0.1, 0.15) is 4.88 Å². The smallest absolute Gasteiger partial charge is 0.263 e. The maximum absolute atomic E-state index is 11.6. The number of aromatic nitrogens is 1. The third-order valence-electron chi connectivity index (χ3n) is 2.32. The maximum atomic E-state index is 11.6. The summed E-state index contributed by atoms with van der Waals surface area (Å²) in [6, 6.07) is 0. The Kier molecular flexibility index (Phi) is 6.03. The van der Waals surface area contributed by atoms with Crippen molar-refractivity contribution >= 4 is 17.2 Å². The van der Waals surface area contributed by atoms with E-state index in [4.69, 9.17) is 5.11 Å². The summed E-state index contributed by atoms with van der Waals surface area (Å²) < 4.78 is 0. The molecule has 4 nitrogen and oxygen atoms in total. The SMILES string of the molecule is Cc1ncsc1C(=O)NCCCCCCO. The third-order valence-corrected chi connectivity index (χ3v) is 3.25. The minimum atomic E-state index is -0.0258. The Hall–Kier alpha value is -0.940. The van der Waals surface area contributed by atoms with Gasteiger partial charge in [-0.25, -0.2) is 4.98 Å². The van der Waals surface area contributed by atoms with Crippen molar-refractivity contribution in [2.24, 2.45) is 0 Å². The number of carbonyl (C=O) groups excluding carboxylic acids is 1. The molecular formula is C11H18N2O2S. The molecule has 0 fully saturated rings. The average Bonchev–Trinajstić information content (AvgIpc) is 2.69. The van der Waals surface area contributed by atoms with Gasteiger partial charge in [0, 0.05) is 13.2 Å². The van der Waals surface area contributed by atoms with Crippen LogP contribution in [0.15, 0.2) is 5.51 Å². The van der Waals surface area contributed by atoms with Crippen LogP contribution in [0.4, 0.5) is 0 Å². The molecule has 1 aromatic heterocycles. The molecule has 0 aromatic carbocycles. The number of unbranched alkanes of at least 4 members (excludes halogenated alkanes) is 3. The molecule has 0 atom stereocenters. The largest absolute Gasteiger partial charge is 0.396 e. The van der Waals surface area contributed by atoms with E-state index in [0.717, 1.165) is 31.4 Å². The van der Waals surface area contributed by atoms with Gasteiger partial charge in [-0.2, -0.15) is 0 Å². The van der Waals surface area contributed by atoms with Gasteiger partial charge in [-0.15, -0.1) is 11.3 Å². The van der Waals surface area contributed by atoms with Gasteiger partial charge in [0.2, 0.25) is 0 Å². The number of nitrogens with one attached hydrogen (secondary N) is 1.